The van der Waals surface area contributed by atoms with Crippen molar-refractivity contribution in [3.63, 3.8) is 0 Å². The molecule has 4 nitrogen and oxygen atoms in total. The van der Waals surface area contributed by atoms with Crippen molar-refractivity contribution in [2.24, 2.45) is 11.8 Å². The number of methoxy groups -OCH3 is 2. The average molecular weight is 484 g/mol. The zero-order chi connectivity index (χ0) is 21.0. The first-order valence-corrected chi connectivity index (χ1v) is 11.4. The molecule has 1 fully saturated rings. The Morgan fingerprint density at radius 1 is 0.688 bits per heavy atom. The number of halogens is 2. The fourth-order valence-electron chi connectivity index (χ4n) is 4.40. The van der Waals surface area contributed by atoms with Crippen LogP contribution in [-0.4, -0.2) is 40.4 Å². The lowest BCUT2D eigenvalue weighted by atomic mass is 9.82. The molecule has 6 heteroatoms. The van der Waals surface area contributed by atoms with Gasteiger partial charge in [-0.1, -0.05) is 36.4 Å². The summed E-state index contributed by atoms with van der Waals surface area (Å²) in [5.41, 5.74) is 2.71. The molecule has 0 unspecified atom stereocenters. The van der Waals surface area contributed by atoms with Gasteiger partial charge in [-0.3, -0.25) is 0 Å². The van der Waals surface area contributed by atoms with E-state index in [0.29, 0.717) is 0 Å². The molecule has 0 radical (unpaired) electrons. The summed E-state index contributed by atoms with van der Waals surface area (Å²) in [6, 6.07) is 17.0. The van der Waals surface area contributed by atoms with Crippen LogP contribution >= 0.6 is 24.8 Å². The predicted molar refractivity (Wildman–Crippen MR) is 139 cm³/mol. The monoisotopic (exact) mass is 482 g/mol. The molecular weight excluding hydrogens is 443 g/mol. The molecule has 2 N–H and O–H groups in total. The van der Waals surface area contributed by atoms with Crippen LogP contribution in [0.15, 0.2) is 48.5 Å². The Hall–Kier alpha value is -1.46. The van der Waals surface area contributed by atoms with Gasteiger partial charge >= 0.3 is 0 Å². The van der Waals surface area contributed by atoms with E-state index in [1.807, 2.05) is 6.07 Å². The first-order valence-electron chi connectivity index (χ1n) is 11.4. The molecule has 2 aromatic carbocycles. The van der Waals surface area contributed by atoms with Crippen molar-refractivity contribution < 1.29 is 9.47 Å². The molecular formula is C26H40Cl2N2O2. The highest BCUT2D eigenvalue weighted by Gasteiger charge is 2.20. The predicted octanol–water partition coefficient (Wildman–Crippen LogP) is 5.32. The molecule has 32 heavy (non-hydrogen) atoms. The minimum atomic E-state index is 0. The molecule has 0 heterocycles. The largest absolute Gasteiger partial charge is 0.493 e. The zero-order valence-electron chi connectivity index (χ0n) is 19.5. The molecule has 180 valence electrons. The maximum atomic E-state index is 5.40. The molecule has 0 saturated heterocycles. The van der Waals surface area contributed by atoms with Gasteiger partial charge in [0.2, 0.25) is 0 Å². The first-order chi connectivity index (χ1) is 14.8. The molecule has 0 atom stereocenters. The smallest absolute Gasteiger partial charge is 0.160 e. The second-order valence-corrected chi connectivity index (χ2v) is 8.47. The van der Waals surface area contributed by atoms with Crippen molar-refractivity contribution in [2.45, 2.75) is 38.5 Å². The third-order valence-corrected chi connectivity index (χ3v) is 6.30. The number of rotatable bonds is 12. The maximum Gasteiger partial charge on any atom is 0.160 e. The summed E-state index contributed by atoms with van der Waals surface area (Å²) in [4.78, 5) is 0. The van der Waals surface area contributed by atoms with E-state index in [1.54, 1.807) is 14.2 Å². The number of ether oxygens (including phenoxy) is 2. The number of hydrogen-bond donors (Lipinski definition) is 2. The van der Waals surface area contributed by atoms with Crippen LogP contribution in [0.4, 0.5) is 0 Å². The van der Waals surface area contributed by atoms with Gasteiger partial charge in [0.25, 0.3) is 0 Å². The molecule has 0 aliphatic heterocycles. The molecule has 1 saturated carbocycles. The van der Waals surface area contributed by atoms with Crippen LogP contribution in [0.3, 0.4) is 0 Å². The normalized spacial score (nSPS) is 17.7. The van der Waals surface area contributed by atoms with Gasteiger partial charge in [-0.2, -0.15) is 0 Å². The molecule has 0 amide bonds. The molecule has 0 spiro atoms. The lowest BCUT2D eigenvalue weighted by Gasteiger charge is -2.29. The van der Waals surface area contributed by atoms with E-state index in [4.69, 9.17) is 9.47 Å². The van der Waals surface area contributed by atoms with Gasteiger partial charge in [0.1, 0.15) is 0 Å². The standard InChI is InChI=1S/C26H38N2O2.2ClH/c1-29-25-13-12-22(18-26(25)30-2)15-17-28-20-24-10-8-23(9-11-24)19-27-16-14-21-6-4-3-5-7-21;;/h3-7,12-13,18,23-24,27-28H,8-11,14-17,19-20H2,1-2H3;2*1H/t23-,24-;;. The van der Waals surface area contributed by atoms with Crippen LogP contribution in [0.1, 0.15) is 36.8 Å². The highest BCUT2D eigenvalue weighted by atomic mass is 35.5. The van der Waals surface area contributed by atoms with Crippen molar-refractivity contribution >= 4 is 24.8 Å². The van der Waals surface area contributed by atoms with E-state index in [1.165, 1.54) is 43.4 Å². The van der Waals surface area contributed by atoms with Crippen LogP contribution in [0.5, 0.6) is 11.5 Å². The number of nitrogens with one attached hydrogen (secondary N) is 2. The highest BCUT2D eigenvalue weighted by Crippen LogP contribution is 2.29. The minimum Gasteiger partial charge on any atom is -0.493 e. The van der Waals surface area contributed by atoms with Gasteiger partial charge < -0.3 is 20.1 Å². The Labute approximate surface area is 206 Å². The summed E-state index contributed by atoms with van der Waals surface area (Å²) < 4.78 is 10.7. The van der Waals surface area contributed by atoms with Crippen molar-refractivity contribution in [3.8, 4) is 11.5 Å². The van der Waals surface area contributed by atoms with Gasteiger partial charge in [0.05, 0.1) is 14.2 Å². The van der Waals surface area contributed by atoms with E-state index in [2.05, 4.69) is 53.1 Å². The lowest BCUT2D eigenvalue weighted by Crippen LogP contribution is -2.31. The fourth-order valence-corrected chi connectivity index (χ4v) is 4.40. The van der Waals surface area contributed by atoms with Crippen molar-refractivity contribution in [1.29, 1.82) is 0 Å². The summed E-state index contributed by atoms with van der Waals surface area (Å²) in [5.74, 6) is 3.28. The van der Waals surface area contributed by atoms with Crippen molar-refractivity contribution in [2.75, 3.05) is 40.4 Å². The fraction of sp³-hybridized carbons (Fsp3) is 0.538. The topological polar surface area (TPSA) is 42.5 Å². The van der Waals surface area contributed by atoms with Gasteiger partial charge in [-0.15, -0.1) is 24.8 Å². The maximum absolute atomic E-state index is 5.40. The molecule has 2 aromatic rings. The summed E-state index contributed by atoms with van der Waals surface area (Å²) in [5, 5.41) is 7.34. The second-order valence-electron chi connectivity index (χ2n) is 8.47. The lowest BCUT2D eigenvalue weighted by molar-refractivity contribution is 0.262. The Kier molecular flexibility index (Phi) is 14.5. The Bertz CT molecular complexity index is 738. The van der Waals surface area contributed by atoms with E-state index >= 15 is 0 Å². The van der Waals surface area contributed by atoms with E-state index in [0.717, 1.165) is 55.8 Å². The van der Waals surface area contributed by atoms with E-state index in [9.17, 15) is 0 Å². The van der Waals surface area contributed by atoms with E-state index < -0.39 is 0 Å². The minimum absolute atomic E-state index is 0. The van der Waals surface area contributed by atoms with Gasteiger partial charge in [0.15, 0.2) is 11.5 Å². The van der Waals surface area contributed by atoms with Crippen LogP contribution in [0, 0.1) is 11.8 Å². The van der Waals surface area contributed by atoms with Crippen LogP contribution in [0.25, 0.3) is 0 Å². The summed E-state index contributed by atoms with van der Waals surface area (Å²) in [6.45, 7) is 4.41. The third kappa shape index (κ3) is 9.58. The second kappa shape index (κ2) is 16.2. The summed E-state index contributed by atoms with van der Waals surface area (Å²) in [6.07, 6.45) is 7.57. The zero-order valence-corrected chi connectivity index (χ0v) is 21.1. The Balaban J connectivity index is 0.00000256. The third-order valence-electron chi connectivity index (χ3n) is 6.30. The molecule has 0 aromatic heterocycles. The van der Waals surface area contributed by atoms with Gasteiger partial charge in [-0.25, -0.2) is 0 Å². The molecule has 0 bridgehead atoms. The summed E-state index contributed by atoms with van der Waals surface area (Å²) >= 11 is 0. The van der Waals surface area contributed by atoms with Gasteiger partial charge in [0, 0.05) is 0 Å². The number of benzene rings is 2. The van der Waals surface area contributed by atoms with Crippen LogP contribution < -0.4 is 20.1 Å². The quantitative estimate of drug-likeness (QED) is 0.401. The summed E-state index contributed by atoms with van der Waals surface area (Å²) in [7, 11) is 3.36. The Morgan fingerprint density at radius 2 is 1.22 bits per heavy atom. The molecule has 1 aliphatic rings. The highest BCUT2D eigenvalue weighted by molar-refractivity contribution is 5.85. The van der Waals surface area contributed by atoms with Gasteiger partial charge in [-0.05, 0) is 99.8 Å². The van der Waals surface area contributed by atoms with Crippen molar-refractivity contribution in [1.82, 2.24) is 10.6 Å². The SMILES string of the molecule is COc1ccc(CCNC[C@H]2CC[C@H](CNCCc3ccccc3)CC2)cc1OC.Cl.Cl. The van der Waals surface area contributed by atoms with E-state index in [-0.39, 0.29) is 24.8 Å². The average Bonchev–Trinajstić information content (AvgIpc) is 2.81. The number of hydrogen-bond acceptors (Lipinski definition) is 4. The van der Waals surface area contributed by atoms with Crippen molar-refractivity contribution in [3.05, 3.63) is 59.7 Å². The van der Waals surface area contributed by atoms with Crippen LogP contribution in [0.2, 0.25) is 0 Å². The molecule has 3 rings (SSSR count). The van der Waals surface area contributed by atoms with Crippen LogP contribution in [-0.2, 0) is 12.8 Å². The molecule has 1 aliphatic carbocycles. The first kappa shape index (κ1) is 28.6. The Morgan fingerprint density at radius 3 is 1.75 bits per heavy atom.